The molecular formula is C17H26N3O+. The van der Waals surface area contributed by atoms with Crippen molar-refractivity contribution in [1.29, 1.82) is 5.26 Å². The van der Waals surface area contributed by atoms with Gasteiger partial charge in [-0.05, 0) is 25.3 Å². The summed E-state index contributed by atoms with van der Waals surface area (Å²) in [7, 11) is 1.99. The largest absolute Gasteiger partial charge is 0.333 e. The SMILES string of the molecule is Cc1ccccc1C[NH+](C)CC(=O)N[C@@](C)(C#N)C(C)C. The summed E-state index contributed by atoms with van der Waals surface area (Å²) in [6.07, 6.45) is 0. The van der Waals surface area contributed by atoms with Crippen LogP contribution in [-0.2, 0) is 11.3 Å². The molecule has 114 valence electrons. The number of nitrogens with one attached hydrogen (secondary N) is 2. The predicted molar refractivity (Wildman–Crippen MR) is 83.6 cm³/mol. The van der Waals surface area contributed by atoms with Crippen molar-refractivity contribution in [1.82, 2.24) is 5.32 Å². The summed E-state index contributed by atoms with van der Waals surface area (Å²) in [4.78, 5) is 13.2. The number of nitriles is 1. The van der Waals surface area contributed by atoms with Crippen molar-refractivity contribution in [2.45, 2.75) is 39.8 Å². The van der Waals surface area contributed by atoms with Gasteiger partial charge in [-0.3, -0.25) is 4.79 Å². The van der Waals surface area contributed by atoms with Crippen molar-refractivity contribution >= 4 is 5.91 Å². The lowest BCUT2D eigenvalue weighted by molar-refractivity contribution is -0.885. The maximum absolute atomic E-state index is 12.1. The highest BCUT2D eigenvalue weighted by molar-refractivity contribution is 5.78. The quantitative estimate of drug-likeness (QED) is 0.822. The van der Waals surface area contributed by atoms with Crippen molar-refractivity contribution in [3.05, 3.63) is 35.4 Å². The Morgan fingerprint density at radius 1 is 1.43 bits per heavy atom. The van der Waals surface area contributed by atoms with E-state index < -0.39 is 5.54 Å². The first-order valence-electron chi connectivity index (χ1n) is 7.36. The first kappa shape index (κ1) is 17.2. The minimum Gasteiger partial charge on any atom is -0.333 e. The molecule has 1 aromatic rings. The molecule has 0 bridgehead atoms. The molecule has 4 nitrogen and oxygen atoms in total. The molecule has 1 rings (SSSR count). The third-order valence-electron chi connectivity index (χ3n) is 4.00. The lowest BCUT2D eigenvalue weighted by Gasteiger charge is -2.27. The summed E-state index contributed by atoms with van der Waals surface area (Å²) in [5.74, 6) is -0.0121. The second-order valence-corrected chi connectivity index (χ2v) is 6.25. The molecule has 0 aromatic heterocycles. The number of carbonyl (C=O) groups is 1. The topological polar surface area (TPSA) is 57.3 Å². The lowest BCUT2D eigenvalue weighted by atomic mass is 9.90. The number of amides is 1. The molecule has 0 saturated heterocycles. The fourth-order valence-corrected chi connectivity index (χ4v) is 2.11. The number of likely N-dealkylation sites (N-methyl/N-ethyl adjacent to an activating group) is 1. The van der Waals surface area contributed by atoms with E-state index in [-0.39, 0.29) is 11.8 Å². The van der Waals surface area contributed by atoms with E-state index in [2.05, 4.69) is 30.4 Å². The Morgan fingerprint density at radius 3 is 2.57 bits per heavy atom. The Bertz CT molecular complexity index is 533. The van der Waals surface area contributed by atoms with Gasteiger partial charge in [0.15, 0.2) is 6.54 Å². The molecule has 21 heavy (non-hydrogen) atoms. The smallest absolute Gasteiger partial charge is 0.276 e. The summed E-state index contributed by atoms with van der Waals surface area (Å²) in [5.41, 5.74) is 1.68. The zero-order valence-corrected chi connectivity index (χ0v) is 13.7. The number of hydrogen-bond acceptors (Lipinski definition) is 2. The van der Waals surface area contributed by atoms with Gasteiger partial charge in [0.1, 0.15) is 12.1 Å². The predicted octanol–water partition coefficient (Wildman–Crippen LogP) is 1.06. The number of hydrogen-bond donors (Lipinski definition) is 2. The van der Waals surface area contributed by atoms with Gasteiger partial charge < -0.3 is 10.2 Å². The zero-order chi connectivity index (χ0) is 16.0. The lowest BCUT2D eigenvalue weighted by Crippen LogP contribution is -3.09. The van der Waals surface area contributed by atoms with Crippen LogP contribution in [0, 0.1) is 24.2 Å². The van der Waals surface area contributed by atoms with Crippen LogP contribution in [0.5, 0.6) is 0 Å². The minimum atomic E-state index is -0.806. The van der Waals surface area contributed by atoms with E-state index in [0.29, 0.717) is 6.54 Å². The third-order valence-corrected chi connectivity index (χ3v) is 4.00. The Hall–Kier alpha value is -1.86. The van der Waals surface area contributed by atoms with Crippen LogP contribution in [-0.4, -0.2) is 25.0 Å². The van der Waals surface area contributed by atoms with E-state index in [1.165, 1.54) is 11.1 Å². The van der Waals surface area contributed by atoms with Crippen LogP contribution in [0.1, 0.15) is 31.9 Å². The van der Waals surface area contributed by atoms with Gasteiger partial charge in [0.2, 0.25) is 0 Å². The molecule has 0 radical (unpaired) electrons. The first-order valence-corrected chi connectivity index (χ1v) is 7.36. The van der Waals surface area contributed by atoms with Crippen LogP contribution >= 0.6 is 0 Å². The van der Waals surface area contributed by atoms with Gasteiger partial charge in [-0.1, -0.05) is 38.1 Å². The van der Waals surface area contributed by atoms with Gasteiger partial charge in [0.05, 0.1) is 13.1 Å². The average Bonchev–Trinajstić information content (AvgIpc) is 2.40. The molecule has 4 heteroatoms. The Labute approximate surface area is 127 Å². The normalized spacial score (nSPS) is 15.1. The second-order valence-electron chi connectivity index (χ2n) is 6.25. The molecular weight excluding hydrogens is 262 g/mol. The molecule has 0 spiro atoms. The average molecular weight is 288 g/mol. The highest BCUT2D eigenvalue weighted by Crippen LogP contribution is 2.14. The third kappa shape index (κ3) is 4.87. The van der Waals surface area contributed by atoms with Crippen LogP contribution in [0.4, 0.5) is 0 Å². The van der Waals surface area contributed by atoms with E-state index in [9.17, 15) is 10.1 Å². The molecule has 0 fully saturated rings. The number of rotatable bonds is 6. The van der Waals surface area contributed by atoms with E-state index in [1.807, 2.05) is 33.0 Å². The van der Waals surface area contributed by atoms with Crippen molar-refractivity contribution in [2.75, 3.05) is 13.6 Å². The zero-order valence-electron chi connectivity index (χ0n) is 13.7. The van der Waals surface area contributed by atoms with Crippen LogP contribution in [0.2, 0.25) is 0 Å². The fourth-order valence-electron chi connectivity index (χ4n) is 2.11. The summed E-state index contributed by atoms with van der Waals surface area (Å²) >= 11 is 0. The number of benzene rings is 1. The van der Waals surface area contributed by atoms with Crippen LogP contribution < -0.4 is 10.2 Å². The van der Waals surface area contributed by atoms with Crippen LogP contribution in [0.25, 0.3) is 0 Å². The molecule has 1 unspecified atom stereocenters. The van der Waals surface area contributed by atoms with Gasteiger partial charge in [-0.2, -0.15) is 5.26 Å². The number of quaternary nitrogens is 1. The molecule has 0 aliphatic heterocycles. The van der Waals surface area contributed by atoms with Gasteiger partial charge in [0, 0.05) is 5.56 Å². The highest BCUT2D eigenvalue weighted by atomic mass is 16.2. The Balaban J connectivity index is 2.59. The second kappa shape index (κ2) is 7.24. The first-order chi connectivity index (χ1) is 9.78. The van der Waals surface area contributed by atoms with Gasteiger partial charge in [0.25, 0.3) is 5.91 Å². The van der Waals surface area contributed by atoms with Crippen LogP contribution in [0.15, 0.2) is 24.3 Å². The van der Waals surface area contributed by atoms with E-state index in [0.717, 1.165) is 11.4 Å². The standard InChI is InChI=1S/C17H25N3O/c1-13(2)17(4,12-18)19-16(21)11-20(5)10-15-9-7-6-8-14(15)3/h6-9,13H,10-11H2,1-5H3,(H,19,21)/p+1/t17-/m0/s1. The van der Waals surface area contributed by atoms with Crippen molar-refractivity contribution in [3.8, 4) is 6.07 Å². The highest BCUT2D eigenvalue weighted by Gasteiger charge is 2.30. The fraction of sp³-hybridized carbons (Fsp3) is 0.529. The molecule has 1 aromatic carbocycles. The Kier molecular flexibility index (Phi) is 5.92. The summed E-state index contributed by atoms with van der Waals surface area (Å²) in [5, 5.41) is 12.1. The molecule has 0 heterocycles. The molecule has 2 atom stereocenters. The molecule has 0 aliphatic rings. The molecule has 0 aliphatic carbocycles. The number of nitrogens with zero attached hydrogens (tertiary/aromatic N) is 1. The van der Waals surface area contributed by atoms with Gasteiger partial charge >= 0.3 is 0 Å². The summed E-state index contributed by atoms with van der Waals surface area (Å²) in [6.45, 7) is 8.88. The number of aryl methyl sites for hydroxylation is 1. The maximum atomic E-state index is 12.1. The van der Waals surface area contributed by atoms with E-state index in [4.69, 9.17) is 0 Å². The van der Waals surface area contributed by atoms with Crippen molar-refractivity contribution in [2.24, 2.45) is 5.92 Å². The number of carbonyl (C=O) groups excluding carboxylic acids is 1. The van der Waals surface area contributed by atoms with Gasteiger partial charge in [-0.25, -0.2) is 0 Å². The Morgan fingerprint density at radius 2 is 2.05 bits per heavy atom. The molecule has 0 saturated carbocycles. The van der Waals surface area contributed by atoms with E-state index in [1.54, 1.807) is 6.92 Å². The van der Waals surface area contributed by atoms with Gasteiger partial charge in [-0.15, -0.1) is 0 Å². The maximum Gasteiger partial charge on any atom is 0.276 e. The molecule has 2 N–H and O–H groups in total. The summed E-state index contributed by atoms with van der Waals surface area (Å²) in [6, 6.07) is 10.4. The van der Waals surface area contributed by atoms with Crippen molar-refractivity contribution < 1.29 is 9.69 Å². The van der Waals surface area contributed by atoms with Crippen LogP contribution in [0.3, 0.4) is 0 Å². The summed E-state index contributed by atoms with van der Waals surface area (Å²) < 4.78 is 0. The molecule has 1 amide bonds. The monoisotopic (exact) mass is 288 g/mol. The van der Waals surface area contributed by atoms with Crippen molar-refractivity contribution in [3.63, 3.8) is 0 Å². The van der Waals surface area contributed by atoms with E-state index >= 15 is 0 Å². The minimum absolute atomic E-state index is 0.0723.